The summed E-state index contributed by atoms with van der Waals surface area (Å²) < 4.78 is 14.4. The number of hydrogen-bond donors (Lipinski definition) is 1. The highest BCUT2D eigenvalue weighted by atomic mass is 35.5. The minimum atomic E-state index is -1.03. The van der Waals surface area contributed by atoms with Crippen molar-refractivity contribution in [2.24, 2.45) is 17.3 Å². The van der Waals surface area contributed by atoms with E-state index in [1.807, 2.05) is 18.2 Å². The van der Waals surface area contributed by atoms with Gasteiger partial charge in [0.05, 0.1) is 5.56 Å². The number of benzene rings is 2. The third-order valence-electron chi connectivity index (χ3n) is 10.4. The summed E-state index contributed by atoms with van der Waals surface area (Å²) in [5.41, 5.74) is 4.26. The first kappa shape index (κ1) is 27.9. The van der Waals surface area contributed by atoms with Crippen molar-refractivity contribution in [3.63, 3.8) is 0 Å². The zero-order valence-electron chi connectivity index (χ0n) is 23.8. The second-order valence-electron chi connectivity index (χ2n) is 12.3. The van der Waals surface area contributed by atoms with Gasteiger partial charge in [0.2, 0.25) is 0 Å². The van der Waals surface area contributed by atoms with Gasteiger partial charge in [0.25, 0.3) is 5.91 Å². The van der Waals surface area contributed by atoms with Crippen LogP contribution in [0, 0.1) is 34.9 Å². The summed E-state index contributed by atoms with van der Waals surface area (Å²) in [5.74, 6) is 6.07. The highest BCUT2D eigenvalue weighted by Gasteiger charge is 2.62. The number of fused-ring (bicyclic) bond motifs is 4. The van der Waals surface area contributed by atoms with Crippen molar-refractivity contribution in [1.82, 2.24) is 0 Å². The molecule has 1 amide bonds. The standard InChI is InChI=1S/C35H35ClFNO3/c1-4-16-35(41)17-15-30-27-12-7-22-18-25(39)11-13-26(22)32(27)29(20-34(30,35)2)21-5-9-24(10-6-21)38(3)33(40)28-19-23(36)8-14-31(28)37/h5-6,8-10,14,18-19,27,29-30,41H,7,11-13,15,17,20H2,1-3H3/t27-,29+,30-,34-,35-/m0/s1. The van der Waals surface area contributed by atoms with Gasteiger partial charge in [-0.25, -0.2) is 4.39 Å². The number of halogens is 2. The summed E-state index contributed by atoms with van der Waals surface area (Å²) in [4.78, 5) is 26.9. The maximum Gasteiger partial charge on any atom is 0.261 e. The van der Waals surface area contributed by atoms with E-state index < -0.39 is 17.3 Å². The lowest BCUT2D eigenvalue weighted by atomic mass is 9.51. The predicted octanol–water partition coefficient (Wildman–Crippen LogP) is 7.41. The van der Waals surface area contributed by atoms with Crippen molar-refractivity contribution in [2.75, 3.05) is 11.9 Å². The van der Waals surface area contributed by atoms with Gasteiger partial charge in [-0.05, 0) is 110 Å². The molecular formula is C35H35ClFNO3. The maximum atomic E-state index is 14.4. The second-order valence-corrected chi connectivity index (χ2v) is 12.8. The average molecular weight is 572 g/mol. The van der Waals surface area contributed by atoms with Gasteiger partial charge in [-0.15, -0.1) is 5.92 Å². The van der Waals surface area contributed by atoms with Crippen LogP contribution in [0.5, 0.6) is 0 Å². The SMILES string of the molecule is CC#C[C@]1(O)CC[C@H]2[C@@H]3CCC4=CC(=O)CCC4=C3[C@@H](c3ccc(N(C)C(=O)c4cc(Cl)ccc4F)cc3)C[C@@]21C. The smallest absolute Gasteiger partial charge is 0.261 e. The molecule has 41 heavy (non-hydrogen) atoms. The van der Waals surface area contributed by atoms with Crippen LogP contribution in [0.3, 0.4) is 0 Å². The first-order chi connectivity index (χ1) is 19.6. The maximum absolute atomic E-state index is 14.4. The molecule has 4 nitrogen and oxygen atoms in total. The van der Waals surface area contributed by atoms with Gasteiger partial charge in [-0.3, -0.25) is 9.59 Å². The van der Waals surface area contributed by atoms with E-state index in [-0.39, 0.29) is 22.7 Å². The third-order valence-corrected chi connectivity index (χ3v) is 10.6. The molecule has 0 aliphatic heterocycles. The molecule has 4 aliphatic carbocycles. The first-order valence-corrected chi connectivity index (χ1v) is 14.9. The molecule has 0 aromatic heterocycles. The Balaban J connectivity index is 1.40. The molecule has 0 spiro atoms. The van der Waals surface area contributed by atoms with Crippen LogP contribution in [0.25, 0.3) is 0 Å². The number of amides is 1. The van der Waals surface area contributed by atoms with Crippen molar-refractivity contribution < 1.29 is 19.1 Å². The van der Waals surface area contributed by atoms with Gasteiger partial charge in [0, 0.05) is 35.5 Å². The highest BCUT2D eigenvalue weighted by Crippen LogP contribution is 2.66. The summed E-state index contributed by atoms with van der Waals surface area (Å²) in [6.45, 7) is 4.02. The van der Waals surface area contributed by atoms with Crippen LogP contribution in [0.4, 0.5) is 10.1 Å². The van der Waals surface area contributed by atoms with Gasteiger partial charge < -0.3 is 10.0 Å². The molecule has 0 heterocycles. The van der Waals surface area contributed by atoms with Gasteiger partial charge in [-0.2, -0.15) is 0 Å². The van der Waals surface area contributed by atoms with Crippen LogP contribution in [0.15, 0.2) is 65.3 Å². The molecule has 212 valence electrons. The Morgan fingerprint density at radius 3 is 2.61 bits per heavy atom. The molecule has 0 bridgehead atoms. The monoisotopic (exact) mass is 571 g/mol. The van der Waals surface area contributed by atoms with E-state index in [4.69, 9.17) is 11.6 Å². The van der Waals surface area contributed by atoms with E-state index >= 15 is 0 Å². The lowest BCUT2D eigenvalue weighted by molar-refractivity contribution is -0.114. The Morgan fingerprint density at radius 1 is 1.12 bits per heavy atom. The number of hydrogen-bond acceptors (Lipinski definition) is 3. The number of rotatable bonds is 3. The molecule has 6 rings (SSSR count). The molecule has 0 unspecified atom stereocenters. The zero-order chi connectivity index (χ0) is 29.1. The topological polar surface area (TPSA) is 57.6 Å². The van der Waals surface area contributed by atoms with Crippen molar-refractivity contribution in [1.29, 1.82) is 0 Å². The van der Waals surface area contributed by atoms with Crippen molar-refractivity contribution >= 4 is 29.0 Å². The minimum Gasteiger partial charge on any atom is -0.377 e. The summed E-state index contributed by atoms with van der Waals surface area (Å²) >= 11 is 6.03. The number of carbonyl (C=O) groups excluding carboxylic acids is 2. The molecule has 1 N–H and O–H groups in total. The van der Waals surface area contributed by atoms with Crippen LogP contribution in [-0.2, 0) is 4.79 Å². The lowest BCUT2D eigenvalue weighted by Crippen LogP contribution is -2.51. The van der Waals surface area contributed by atoms with Crippen molar-refractivity contribution in [2.45, 2.75) is 70.3 Å². The van der Waals surface area contributed by atoms with Crippen molar-refractivity contribution in [3.8, 4) is 11.8 Å². The molecule has 5 atom stereocenters. The fraction of sp³-hybridized carbons (Fsp3) is 0.429. The van der Waals surface area contributed by atoms with Crippen molar-refractivity contribution in [3.05, 3.63) is 87.2 Å². The van der Waals surface area contributed by atoms with E-state index in [9.17, 15) is 19.1 Å². The Morgan fingerprint density at radius 2 is 1.88 bits per heavy atom. The third kappa shape index (κ3) is 4.47. The Bertz CT molecular complexity index is 1560. The minimum absolute atomic E-state index is 0.0665. The molecule has 4 aliphatic rings. The summed E-state index contributed by atoms with van der Waals surface area (Å²) in [6.07, 6.45) is 7.44. The van der Waals surface area contributed by atoms with E-state index in [2.05, 4.69) is 30.9 Å². The quantitative estimate of drug-likeness (QED) is 0.390. The zero-order valence-corrected chi connectivity index (χ0v) is 24.5. The second kappa shape index (κ2) is 10.3. The highest BCUT2D eigenvalue weighted by molar-refractivity contribution is 6.31. The largest absolute Gasteiger partial charge is 0.377 e. The summed E-state index contributed by atoms with van der Waals surface area (Å²) in [7, 11) is 1.63. The van der Waals surface area contributed by atoms with Gasteiger partial charge in [0.15, 0.2) is 5.78 Å². The van der Waals surface area contributed by atoms with E-state index in [1.54, 1.807) is 14.0 Å². The first-order valence-electron chi connectivity index (χ1n) is 14.5. The molecule has 2 aromatic rings. The molecule has 2 fully saturated rings. The normalized spacial score (nSPS) is 30.4. The summed E-state index contributed by atoms with van der Waals surface area (Å²) in [5, 5.41) is 12.2. The number of ketones is 1. The summed E-state index contributed by atoms with van der Waals surface area (Å²) in [6, 6.07) is 11.9. The van der Waals surface area contributed by atoms with E-state index in [1.165, 1.54) is 39.8 Å². The average Bonchev–Trinajstić information content (AvgIpc) is 3.22. The molecule has 0 radical (unpaired) electrons. The van der Waals surface area contributed by atoms with Crippen LogP contribution in [-0.4, -0.2) is 29.4 Å². The number of nitrogens with zero attached hydrogens (tertiary/aromatic N) is 1. The number of aliphatic hydroxyl groups is 1. The number of anilines is 1. The van der Waals surface area contributed by atoms with Crippen LogP contribution < -0.4 is 4.90 Å². The molecule has 2 aromatic carbocycles. The van der Waals surface area contributed by atoms with Crippen LogP contribution >= 0.6 is 11.6 Å². The molecular weight excluding hydrogens is 537 g/mol. The molecule has 0 saturated heterocycles. The number of carbonyl (C=O) groups is 2. The Hall–Kier alpha value is -3.20. The van der Waals surface area contributed by atoms with Crippen LogP contribution in [0.2, 0.25) is 5.02 Å². The number of allylic oxidation sites excluding steroid dienone is 4. The van der Waals surface area contributed by atoms with E-state index in [0.717, 1.165) is 37.7 Å². The van der Waals surface area contributed by atoms with Gasteiger partial charge in [-0.1, -0.05) is 42.2 Å². The Labute approximate surface area is 246 Å². The Kier molecular flexibility index (Phi) is 6.99. The van der Waals surface area contributed by atoms with E-state index in [0.29, 0.717) is 35.4 Å². The lowest BCUT2D eigenvalue weighted by Gasteiger charge is -2.53. The molecule has 6 heteroatoms. The van der Waals surface area contributed by atoms with Gasteiger partial charge >= 0.3 is 0 Å². The fourth-order valence-corrected chi connectivity index (χ4v) is 8.44. The van der Waals surface area contributed by atoms with Crippen LogP contribution in [0.1, 0.15) is 80.6 Å². The predicted molar refractivity (Wildman–Crippen MR) is 159 cm³/mol. The van der Waals surface area contributed by atoms with Gasteiger partial charge in [0.1, 0.15) is 11.4 Å². The molecule has 2 saturated carbocycles. The fourth-order valence-electron chi connectivity index (χ4n) is 8.27.